The molecule has 0 aliphatic carbocycles. The maximum absolute atomic E-state index is 13.3. The Labute approximate surface area is 152 Å². The van der Waals surface area contributed by atoms with Crippen molar-refractivity contribution in [3.8, 4) is 6.07 Å². The van der Waals surface area contributed by atoms with E-state index in [1.54, 1.807) is 6.92 Å². The number of likely N-dealkylation sites (N-methyl/N-ethyl adjacent to an activating group) is 1. The molecule has 2 amide bonds. The zero-order chi connectivity index (χ0) is 19.4. The van der Waals surface area contributed by atoms with Crippen molar-refractivity contribution in [1.82, 2.24) is 10.2 Å². The van der Waals surface area contributed by atoms with Gasteiger partial charge in [0.05, 0.1) is 17.3 Å². The summed E-state index contributed by atoms with van der Waals surface area (Å²) in [5, 5.41) is 11.9. The Morgan fingerprint density at radius 1 is 1.42 bits per heavy atom. The van der Waals surface area contributed by atoms with E-state index in [4.69, 9.17) is 10.00 Å². The quantitative estimate of drug-likeness (QED) is 0.791. The number of benzene rings is 1. The molecule has 0 saturated carbocycles. The first-order chi connectivity index (χ1) is 12.4. The molecule has 1 N–H and O–H groups in total. The first-order valence-electron chi connectivity index (χ1n) is 8.37. The number of Topliss-reactive ketones (excluding diaryl/α,β-unsaturated/α-hetero) is 1. The number of hydrogen-bond donors (Lipinski definition) is 1. The average molecular weight is 359 g/mol. The predicted octanol–water partition coefficient (Wildman–Crippen LogP) is 3.14. The molecule has 1 aromatic carbocycles. The van der Waals surface area contributed by atoms with Gasteiger partial charge in [0.1, 0.15) is 6.67 Å². The van der Waals surface area contributed by atoms with E-state index in [0.29, 0.717) is 5.57 Å². The predicted molar refractivity (Wildman–Crippen MR) is 93.9 cm³/mol. The highest BCUT2D eigenvalue weighted by atomic mass is 19.1. The van der Waals surface area contributed by atoms with Crippen LogP contribution < -0.4 is 5.32 Å². The third kappa shape index (κ3) is 3.60. The lowest BCUT2D eigenvalue weighted by Crippen LogP contribution is -2.53. The molecule has 26 heavy (non-hydrogen) atoms. The van der Waals surface area contributed by atoms with E-state index in [1.165, 1.54) is 30.2 Å². The summed E-state index contributed by atoms with van der Waals surface area (Å²) in [6, 6.07) is 5.72. The van der Waals surface area contributed by atoms with Crippen LogP contribution in [0.1, 0.15) is 42.3 Å². The summed E-state index contributed by atoms with van der Waals surface area (Å²) >= 11 is 0. The molecule has 0 spiro atoms. The Kier molecular flexibility index (Phi) is 6.11. The summed E-state index contributed by atoms with van der Waals surface area (Å²) < 4.78 is 18.5. The Morgan fingerprint density at radius 3 is 2.62 bits per heavy atom. The van der Waals surface area contributed by atoms with Crippen LogP contribution in [0.5, 0.6) is 0 Å². The van der Waals surface area contributed by atoms with Crippen LogP contribution in [0, 0.1) is 17.2 Å². The van der Waals surface area contributed by atoms with Gasteiger partial charge in [-0.1, -0.05) is 13.8 Å². The van der Waals surface area contributed by atoms with Gasteiger partial charge in [-0.05, 0) is 36.6 Å². The molecule has 2 rings (SSSR count). The second-order valence-electron chi connectivity index (χ2n) is 6.26. The molecule has 1 unspecified atom stereocenters. The molecule has 1 aromatic rings. The minimum atomic E-state index is -0.787. The van der Waals surface area contributed by atoms with Crippen LogP contribution in [0.25, 0.3) is 0 Å². The number of nitrogens with zero attached hydrogens (tertiary/aromatic N) is 2. The lowest BCUT2D eigenvalue weighted by atomic mass is 9.91. The molecule has 0 radical (unpaired) electrons. The highest BCUT2D eigenvalue weighted by Gasteiger charge is 2.37. The number of alkyl halides is 1. The third-order valence-corrected chi connectivity index (χ3v) is 4.25. The highest BCUT2D eigenvalue weighted by molar-refractivity contribution is 6.11. The van der Waals surface area contributed by atoms with E-state index in [1.807, 2.05) is 19.9 Å². The fourth-order valence-electron chi connectivity index (χ4n) is 3.07. The van der Waals surface area contributed by atoms with Crippen molar-refractivity contribution in [3.63, 3.8) is 0 Å². The molecule has 0 saturated heterocycles. The highest BCUT2D eigenvalue weighted by Crippen LogP contribution is 2.29. The number of rotatable bonds is 6. The minimum absolute atomic E-state index is 0.0756. The van der Waals surface area contributed by atoms with Gasteiger partial charge in [0, 0.05) is 24.8 Å². The Balaban J connectivity index is 2.68. The molecule has 1 aliphatic rings. The number of carbonyl (C=O) groups is 2. The molecule has 1 aliphatic heterocycles. The van der Waals surface area contributed by atoms with Gasteiger partial charge in [-0.3, -0.25) is 9.69 Å². The van der Waals surface area contributed by atoms with E-state index in [2.05, 4.69) is 5.32 Å². The summed E-state index contributed by atoms with van der Waals surface area (Å²) in [6.45, 7) is 5.06. The molecular weight excluding hydrogens is 337 g/mol. The van der Waals surface area contributed by atoms with Crippen LogP contribution in [-0.4, -0.2) is 36.6 Å². The molecule has 0 bridgehead atoms. The standard InChI is InChI=1S/C19H22FN3O3/c1-5-23-16(15(11(2)3)18(26-4)22-19(23)25)17(24)14-7-12(9-20)6-13(8-14)10-21/h6-8,11,18H,5,9H2,1-4H3,(H,22,25). The fraction of sp³-hybridized carbons (Fsp3) is 0.421. The second-order valence-corrected chi connectivity index (χ2v) is 6.26. The summed E-state index contributed by atoms with van der Waals surface area (Å²) in [4.78, 5) is 27.0. The lowest BCUT2D eigenvalue weighted by molar-refractivity contribution is 0.0770. The number of hydrogen-bond acceptors (Lipinski definition) is 4. The van der Waals surface area contributed by atoms with Gasteiger partial charge in [0.2, 0.25) is 5.78 Å². The van der Waals surface area contributed by atoms with E-state index >= 15 is 0 Å². The minimum Gasteiger partial charge on any atom is -0.358 e. The number of allylic oxidation sites excluding steroid dienone is 1. The Hall–Kier alpha value is -2.72. The number of ether oxygens (including phenoxy) is 1. The smallest absolute Gasteiger partial charge is 0.324 e. The van der Waals surface area contributed by atoms with E-state index < -0.39 is 24.7 Å². The third-order valence-electron chi connectivity index (χ3n) is 4.25. The van der Waals surface area contributed by atoms with Crippen molar-refractivity contribution in [1.29, 1.82) is 5.26 Å². The average Bonchev–Trinajstić information content (AvgIpc) is 2.65. The molecule has 0 fully saturated rings. The van der Waals surface area contributed by atoms with Crippen LogP contribution in [0.15, 0.2) is 29.5 Å². The van der Waals surface area contributed by atoms with E-state index in [9.17, 15) is 14.0 Å². The Morgan fingerprint density at radius 2 is 2.12 bits per heavy atom. The van der Waals surface area contributed by atoms with Crippen molar-refractivity contribution in [2.45, 2.75) is 33.7 Å². The number of nitrogens with one attached hydrogen (secondary N) is 1. The lowest BCUT2D eigenvalue weighted by Gasteiger charge is -2.37. The molecule has 1 heterocycles. The van der Waals surface area contributed by atoms with Gasteiger partial charge in [-0.2, -0.15) is 5.26 Å². The summed E-state index contributed by atoms with van der Waals surface area (Å²) in [5.74, 6) is -0.507. The molecule has 138 valence electrons. The van der Waals surface area contributed by atoms with Gasteiger partial charge in [0.25, 0.3) is 0 Å². The number of carbonyl (C=O) groups excluding carboxylic acids is 2. The second kappa shape index (κ2) is 8.11. The number of ketones is 1. The molecule has 6 nitrogen and oxygen atoms in total. The van der Waals surface area contributed by atoms with Gasteiger partial charge in [-0.25, -0.2) is 9.18 Å². The zero-order valence-electron chi connectivity index (χ0n) is 15.3. The van der Waals surface area contributed by atoms with Crippen LogP contribution in [0.3, 0.4) is 0 Å². The van der Waals surface area contributed by atoms with Crippen molar-refractivity contribution < 1.29 is 18.7 Å². The monoisotopic (exact) mass is 359 g/mol. The molecule has 7 heteroatoms. The van der Waals surface area contributed by atoms with Gasteiger partial charge < -0.3 is 10.1 Å². The maximum atomic E-state index is 13.3. The maximum Gasteiger partial charge on any atom is 0.324 e. The largest absolute Gasteiger partial charge is 0.358 e. The summed E-state index contributed by atoms with van der Waals surface area (Å²) in [6.07, 6.45) is -0.718. The Bertz CT molecular complexity index is 796. The zero-order valence-corrected chi connectivity index (χ0v) is 15.3. The number of nitriles is 1. The first-order valence-corrected chi connectivity index (χ1v) is 8.37. The molecule has 0 aromatic heterocycles. The van der Waals surface area contributed by atoms with Crippen LogP contribution in [0.2, 0.25) is 0 Å². The number of amides is 2. The van der Waals surface area contributed by atoms with E-state index in [0.717, 1.165) is 0 Å². The van der Waals surface area contributed by atoms with Gasteiger partial charge in [0.15, 0.2) is 6.23 Å². The van der Waals surface area contributed by atoms with Crippen LogP contribution >= 0.6 is 0 Å². The normalized spacial score (nSPS) is 17.3. The van der Waals surface area contributed by atoms with Gasteiger partial charge >= 0.3 is 6.03 Å². The number of halogens is 1. The van der Waals surface area contributed by atoms with Crippen molar-refractivity contribution >= 4 is 11.8 Å². The van der Waals surface area contributed by atoms with Crippen LogP contribution in [-0.2, 0) is 11.4 Å². The summed E-state index contributed by atoms with van der Waals surface area (Å²) in [7, 11) is 1.45. The number of urea groups is 1. The van der Waals surface area contributed by atoms with Gasteiger partial charge in [-0.15, -0.1) is 0 Å². The molecule has 1 atom stereocenters. The van der Waals surface area contributed by atoms with Crippen molar-refractivity contribution in [3.05, 3.63) is 46.2 Å². The molecular formula is C19H22FN3O3. The topological polar surface area (TPSA) is 82.4 Å². The summed E-state index contributed by atoms with van der Waals surface area (Å²) in [5.41, 5.74) is 1.47. The first kappa shape index (κ1) is 19.6. The number of methoxy groups -OCH3 is 1. The van der Waals surface area contributed by atoms with Crippen molar-refractivity contribution in [2.75, 3.05) is 13.7 Å². The van der Waals surface area contributed by atoms with E-state index in [-0.39, 0.29) is 34.9 Å². The SMILES string of the molecule is CCN1C(=O)NC(OC)C(C(C)C)=C1C(=O)c1cc(C#N)cc(CF)c1. The van der Waals surface area contributed by atoms with Crippen molar-refractivity contribution in [2.24, 2.45) is 5.92 Å². The van der Waals surface area contributed by atoms with Crippen LogP contribution in [0.4, 0.5) is 9.18 Å². The fourth-order valence-corrected chi connectivity index (χ4v) is 3.07.